The molecule has 2 aromatic rings. The third-order valence-electron chi connectivity index (χ3n) is 2.77. The van der Waals surface area contributed by atoms with E-state index < -0.39 is 0 Å². The average Bonchev–Trinajstić information content (AvgIpc) is 2.81. The maximum absolute atomic E-state index is 12.1. The molecule has 0 spiro atoms. The minimum Gasteiger partial charge on any atom is -0.298 e. The number of aromatic nitrogens is 1. The molecule has 0 aliphatic carbocycles. The number of thiazole rings is 1. The molecule has 0 bridgehead atoms. The van der Waals surface area contributed by atoms with Gasteiger partial charge in [0.15, 0.2) is 5.13 Å². The van der Waals surface area contributed by atoms with E-state index in [-0.39, 0.29) is 5.91 Å². The van der Waals surface area contributed by atoms with E-state index >= 15 is 0 Å². The van der Waals surface area contributed by atoms with E-state index in [1.165, 1.54) is 11.3 Å². The zero-order valence-corrected chi connectivity index (χ0v) is 13.4. The Hall–Kier alpha value is -1.20. The number of aryl methyl sites for hydroxylation is 1. The van der Waals surface area contributed by atoms with Gasteiger partial charge >= 0.3 is 0 Å². The third kappa shape index (κ3) is 3.42. The third-order valence-corrected chi connectivity index (χ3v) is 4.40. The summed E-state index contributed by atoms with van der Waals surface area (Å²) in [6.07, 6.45) is 0. The van der Waals surface area contributed by atoms with E-state index in [0.29, 0.717) is 16.6 Å². The lowest BCUT2D eigenvalue weighted by Crippen LogP contribution is -2.11. The largest absolute Gasteiger partial charge is 0.298 e. The Morgan fingerprint density at radius 3 is 2.74 bits per heavy atom. The fourth-order valence-corrected chi connectivity index (χ4v) is 2.76. The summed E-state index contributed by atoms with van der Waals surface area (Å²) in [5.74, 6) is 0.237. The molecule has 5 heteroatoms. The van der Waals surface area contributed by atoms with Gasteiger partial charge in [-0.05, 0) is 30.5 Å². The average molecular weight is 339 g/mol. The molecule has 100 valence electrons. The van der Waals surface area contributed by atoms with Gasteiger partial charge in [0, 0.05) is 15.4 Å². The van der Waals surface area contributed by atoms with Crippen molar-refractivity contribution in [2.24, 2.45) is 0 Å². The summed E-state index contributed by atoms with van der Waals surface area (Å²) < 4.78 is 0.933. The monoisotopic (exact) mass is 338 g/mol. The van der Waals surface area contributed by atoms with Crippen LogP contribution in [-0.2, 0) is 0 Å². The van der Waals surface area contributed by atoms with Crippen LogP contribution in [-0.4, -0.2) is 10.9 Å². The van der Waals surface area contributed by atoms with Crippen molar-refractivity contribution in [1.82, 2.24) is 4.98 Å². The van der Waals surface area contributed by atoms with Gasteiger partial charge in [0.1, 0.15) is 0 Å². The first kappa shape index (κ1) is 14.2. The molecular weight excluding hydrogens is 324 g/mol. The minimum atomic E-state index is -0.134. The van der Waals surface area contributed by atoms with Gasteiger partial charge in [0.2, 0.25) is 0 Å². The number of amides is 1. The Labute approximate surface area is 125 Å². The maximum Gasteiger partial charge on any atom is 0.257 e. The summed E-state index contributed by atoms with van der Waals surface area (Å²) in [6, 6.07) is 5.55. The number of benzene rings is 1. The van der Waals surface area contributed by atoms with Crippen molar-refractivity contribution in [3.8, 4) is 0 Å². The quantitative estimate of drug-likeness (QED) is 0.889. The maximum atomic E-state index is 12.1. The van der Waals surface area contributed by atoms with Crippen molar-refractivity contribution in [2.75, 3.05) is 5.32 Å². The van der Waals surface area contributed by atoms with Crippen molar-refractivity contribution in [3.63, 3.8) is 0 Å². The van der Waals surface area contributed by atoms with Gasteiger partial charge in [-0.1, -0.05) is 35.8 Å². The van der Waals surface area contributed by atoms with Crippen LogP contribution >= 0.6 is 27.3 Å². The summed E-state index contributed by atoms with van der Waals surface area (Å²) in [4.78, 5) is 16.5. The number of nitrogens with one attached hydrogen (secondary N) is 1. The van der Waals surface area contributed by atoms with Crippen LogP contribution in [0, 0.1) is 6.92 Å². The molecule has 1 aromatic heterocycles. The zero-order chi connectivity index (χ0) is 14.0. The van der Waals surface area contributed by atoms with E-state index in [1.807, 2.05) is 30.5 Å². The highest BCUT2D eigenvalue weighted by molar-refractivity contribution is 9.10. The lowest BCUT2D eigenvalue weighted by atomic mass is 10.1. The highest BCUT2D eigenvalue weighted by Crippen LogP contribution is 2.23. The highest BCUT2D eigenvalue weighted by atomic mass is 79.9. The molecule has 0 aliphatic rings. The van der Waals surface area contributed by atoms with E-state index in [2.05, 4.69) is 40.1 Å². The Balaban J connectivity index is 2.13. The first-order chi connectivity index (χ1) is 8.97. The second-order valence-corrected chi connectivity index (χ2v) is 6.36. The van der Waals surface area contributed by atoms with Gasteiger partial charge in [-0.15, -0.1) is 11.3 Å². The number of anilines is 1. The van der Waals surface area contributed by atoms with Gasteiger partial charge in [-0.2, -0.15) is 0 Å². The predicted molar refractivity (Wildman–Crippen MR) is 83.0 cm³/mol. The summed E-state index contributed by atoms with van der Waals surface area (Å²) in [5, 5.41) is 5.45. The predicted octanol–water partition coefficient (Wildman–Crippen LogP) is 4.59. The van der Waals surface area contributed by atoms with Crippen molar-refractivity contribution in [2.45, 2.75) is 26.7 Å². The topological polar surface area (TPSA) is 42.0 Å². The van der Waals surface area contributed by atoms with Crippen LogP contribution < -0.4 is 5.32 Å². The molecule has 3 nitrogen and oxygen atoms in total. The number of carbonyl (C=O) groups excluding carboxylic acids is 1. The molecule has 0 fully saturated rings. The summed E-state index contributed by atoms with van der Waals surface area (Å²) >= 11 is 4.88. The Morgan fingerprint density at radius 2 is 2.16 bits per heavy atom. The molecular formula is C14H15BrN2OS. The number of carbonyl (C=O) groups is 1. The van der Waals surface area contributed by atoms with Crippen LogP contribution in [0.2, 0.25) is 0 Å². The van der Waals surface area contributed by atoms with E-state index in [4.69, 9.17) is 0 Å². The van der Waals surface area contributed by atoms with E-state index in [9.17, 15) is 4.79 Å². The molecule has 0 radical (unpaired) electrons. The van der Waals surface area contributed by atoms with Gasteiger partial charge in [-0.3, -0.25) is 10.1 Å². The van der Waals surface area contributed by atoms with Crippen molar-refractivity contribution in [1.29, 1.82) is 0 Å². The summed E-state index contributed by atoms with van der Waals surface area (Å²) in [7, 11) is 0. The van der Waals surface area contributed by atoms with Crippen LogP contribution in [0.15, 0.2) is 28.1 Å². The normalized spacial score (nSPS) is 10.8. The Morgan fingerprint density at radius 1 is 1.42 bits per heavy atom. The van der Waals surface area contributed by atoms with Gasteiger partial charge < -0.3 is 0 Å². The SMILES string of the molecule is Cc1ccc(C(=O)Nc2nc(C(C)C)cs2)cc1Br. The van der Waals surface area contributed by atoms with Gasteiger partial charge in [0.25, 0.3) is 5.91 Å². The Kier molecular flexibility index (Phi) is 4.37. The second-order valence-electron chi connectivity index (χ2n) is 4.65. The standard InChI is InChI=1S/C14H15BrN2OS/c1-8(2)12-7-19-14(16-12)17-13(18)10-5-4-9(3)11(15)6-10/h4-8H,1-3H3,(H,16,17,18). The van der Waals surface area contributed by atoms with E-state index in [0.717, 1.165) is 15.7 Å². The molecule has 0 saturated heterocycles. The molecule has 0 aliphatic heterocycles. The molecule has 1 heterocycles. The molecule has 2 rings (SSSR count). The number of halogens is 1. The van der Waals surface area contributed by atoms with Gasteiger partial charge in [-0.25, -0.2) is 4.98 Å². The fourth-order valence-electron chi connectivity index (χ4n) is 1.51. The van der Waals surface area contributed by atoms with Gasteiger partial charge in [0.05, 0.1) is 5.69 Å². The van der Waals surface area contributed by atoms with Crippen molar-refractivity contribution >= 4 is 38.3 Å². The first-order valence-electron chi connectivity index (χ1n) is 6.00. The summed E-state index contributed by atoms with van der Waals surface area (Å²) in [6.45, 7) is 6.15. The number of hydrogen-bond acceptors (Lipinski definition) is 3. The number of hydrogen-bond donors (Lipinski definition) is 1. The van der Waals surface area contributed by atoms with Crippen LogP contribution in [0.5, 0.6) is 0 Å². The second kappa shape index (κ2) is 5.84. The highest BCUT2D eigenvalue weighted by Gasteiger charge is 2.11. The number of nitrogens with zero attached hydrogens (tertiary/aromatic N) is 1. The minimum absolute atomic E-state index is 0.134. The van der Waals surface area contributed by atoms with Crippen LogP contribution in [0.1, 0.15) is 41.4 Å². The number of rotatable bonds is 3. The van der Waals surface area contributed by atoms with Crippen molar-refractivity contribution < 1.29 is 4.79 Å². The smallest absolute Gasteiger partial charge is 0.257 e. The van der Waals surface area contributed by atoms with Crippen LogP contribution in [0.4, 0.5) is 5.13 Å². The first-order valence-corrected chi connectivity index (χ1v) is 7.67. The van der Waals surface area contributed by atoms with E-state index in [1.54, 1.807) is 0 Å². The molecule has 1 aromatic carbocycles. The molecule has 0 atom stereocenters. The molecule has 0 saturated carbocycles. The lowest BCUT2D eigenvalue weighted by Gasteiger charge is -2.04. The molecule has 0 unspecified atom stereocenters. The Bertz CT molecular complexity index is 607. The lowest BCUT2D eigenvalue weighted by molar-refractivity contribution is 0.102. The van der Waals surface area contributed by atoms with Crippen molar-refractivity contribution in [3.05, 3.63) is 44.9 Å². The summed E-state index contributed by atoms with van der Waals surface area (Å²) in [5.41, 5.74) is 2.73. The van der Waals surface area contributed by atoms with Crippen LogP contribution in [0.3, 0.4) is 0 Å². The molecule has 19 heavy (non-hydrogen) atoms. The van der Waals surface area contributed by atoms with Crippen LogP contribution in [0.25, 0.3) is 0 Å². The zero-order valence-electron chi connectivity index (χ0n) is 11.0. The molecule has 1 amide bonds. The fraction of sp³-hybridized carbons (Fsp3) is 0.286. The molecule has 1 N–H and O–H groups in total.